The van der Waals surface area contributed by atoms with Crippen LogP contribution in [0.2, 0.25) is 0 Å². The zero-order chi connectivity index (χ0) is 16.9. The molecule has 27 heavy (non-hydrogen) atoms. The van der Waals surface area contributed by atoms with Gasteiger partial charge in [-0.1, -0.05) is 36.4 Å². The number of halogens is 2. The zero-order valence-corrected chi connectivity index (χ0v) is 17.1. The molecule has 2 aromatic carbocycles. The highest BCUT2D eigenvalue weighted by Gasteiger charge is 2.19. The van der Waals surface area contributed by atoms with Crippen molar-refractivity contribution in [2.45, 2.75) is 32.0 Å². The van der Waals surface area contributed by atoms with Gasteiger partial charge < -0.3 is 14.8 Å². The maximum absolute atomic E-state index is 5.67. The van der Waals surface area contributed by atoms with Crippen molar-refractivity contribution < 1.29 is 9.47 Å². The van der Waals surface area contributed by atoms with Crippen molar-refractivity contribution in [3.63, 3.8) is 0 Å². The Morgan fingerprint density at radius 1 is 0.852 bits per heavy atom. The summed E-state index contributed by atoms with van der Waals surface area (Å²) in [6.07, 6.45) is 2.41. The van der Waals surface area contributed by atoms with E-state index in [1.807, 2.05) is 6.07 Å². The van der Waals surface area contributed by atoms with E-state index in [9.17, 15) is 0 Å². The number of nitrogens with zero attached hydrogens (tertiary/aromatic N) is 1. The number of fused-ring (bicyclic) bond motifs is 1. The molecule has 2 aliphatic heterocycles. The summed E-state index contributed by atoms with van der Waals surface area (Å²) in [4.78, 5) is 2.55. The fourth-order valence-corrected chi connectivity index (χ4v) is 3.60. The molecule has 148 valence electrons. The maximum Gasteiger partial charge on any atom is 0.161 e. The molecule has 0 spiro atoms. The van der Waals surface area contributed by atoms with Gasteiger partial charge in [-0.25, -0.2) is 0 Å². The number of ether oxygens (including phenoxy) is 2. The van der Waals surface area contributed by atoms with Gasteiger partial charge in [0.25, 0.3) is 0 Å². The molecule has 4 nitrogen and oxygen atoms in total. The molecule has 6 heteroatoms. The van der Waals surface area contributed by atoms with Crippen LogP contribution in [0.25, 0.3) is 0 Å². The molecule has 2 aromatic rings. The van der Waals surface area contributed by atoms with Gasteiger partial charge in [0.2, 0.25) is 0 Å². The van der Waals surface area contributed by atoms with E-state index in [1.54, 1.807) is 0 Å². The largest absolute Gasteiger partial charge is 0.486 e. The minimum absolute atomic E-state index is 0. The van der Waals surface area contributed by atoms with Gasteiger partial charge in [0.05, 0.1) is 0 Å². The number of benzene rings is 2. The minimum Gasteiger partial charge on any atom is -0.486 e. The highest BCUT2D eigenvalue weighted by atomic mass is 35.5. The smallest absolute Gasteiger partial charge is 0.161 e. The molecule has 2 heterocycles. The summed E-state index contributed by atoms with van der Waals surface area (Å²) < 4.78 is 11.2. The third kappa shape index (κ3) is 6.01. The van der Waals surface area contributed by atoms with E-state index in [4.69, 9.17) is 9.47 Å². The first-order chi connectivity index (χ1) is 12.4. The molecule has 0 bridgehead atoms. The van der Waals surface area contributed by atoms with Crippen LogP contribution in [0.4, 0.5) is 0 Å². The van der Waals surface area contributed by atoms with E-state index < -0.39 is 0 Å². The Hall–Kier alpha value is -1.46. The third-order valence-electron chi connectivity index (χ3n) is 5.04. The first-order valence-corrected chi connectivity index (χ1v) is 9.25. The summed E-state index contributed by atoms with van der Waals surface area (Å²) in [6, 6.07) is 17.6. The molecule has 4 rings (SSSR count). The molecule has 0 amide bonds. The van der Waals surface area contributed by atoms with Crippen LogP contribution in [0, 0.1) is 0 Å². The summed E-state index contributed by atoms with van der Waals surface area (Å²) in [5.74, 6) is 1.74. The Morgan fingerprint density at radius 2 is 1.56 bits per heavy atom. The predicted molar refractivity (Wildman–Crippen MR) is 114 cm³/mol. The molecular formula is C21H28Cl2N2O2. The average molecular weight is 411 g/mol. The highest BCUT2D eigenvalue weighted by Crippen LogP contribution is 2.30. The summed E-state index contributed by atoms with van der Waals surface area (Å²) in [7, 11) is 0. The predicted octanol–water partition coefficient (Wildman–Crippen LogP) is 4.06. The summed E-state index contributed by atoms with van der Waals surface area (Å²) >= 11 is 0. The van der Waals surface area contributed by atoms with Crippen LogP contribution in [0.1, 0.15) is 24.0 Å². The van der Waals surface area contributed by atoms with E-state index >= 15 is 0 Å². The average Bonchev–Trinajstić information content (AvgIpc) is 2.68. The van der Waals surface area contributed by atoms with Crippen molar-refractivity contribution in [2.24, 2.45) is 0 Å². The molecule has 1 N–H and O–H groups in total. The second kappa shape index (κ2) is 10.8. The lowest BCUT2D eigenvalue weighted by Crippen LogP contribution is -2.41. The second-order valence-electron chi connectivity index (χ2n) is 6.89. The van der Waals surface area contributed by atoms with Gasteiger partial charge in [-0.15, -0.1) is 24.8 Å². The monoisotopic (exact) mass is 410 g/mol. The Bertz CT molecular complexity index is 692. The van der Waals surface area contributed by atoms with Crippen molar-refractivity contribution in [2.75, 3.05) is 26.3 Å². The van der Waals surface area contributed by atoms with Crippen LogP contribution in [0.3, 0.4) is 0 Å². The molecule has 0 atom stereocenters. The number of nitrogens with one attached hydrogen (secondary N) is 1. The van der Waals surface area contributed by atoms with E-state index in [-0.39, 0.29) is 24.8 Å². The Labute approximate surface area is 174 Å². The fourth-order valence-electron chi connectivity index (χ4n) is 3.60. The van der Waals surface area contributed by atoms with Gasteiger partial charge in [0, 0.05) is 19.1 Å². The van der Waals surface area contributed by atoms with Gasteiger partial charge in [0.15, 0.2) is 11.5 Å². The lowest BCUT2D eigenvalue weighted by Gasteiger charge is -2.32. The van der Waals surface area contributed by atoms with Crippen LogP contribution in [0.15, 0.2) is 48.5 Å². The quantitative estimate of drug-likeness (QED) is 0.805. The topological polar surface area (TPSA) is 33.7 Å². The van der Waals surface area contributed by atoms with Crippen LogP contribution in [-0.2, 0) is 13.1 Å². The SMILES string of the molecule is Cl.Cl.c1ccc(CN2CCC(NCc3ccc4c(c3)OCCO4)CC2)cc1. The van der Waals surface area contributed by atoms with Crippen LogP contribution < -0.4 is 14.8 Å². The van der Waals surface area contributed by atoms with E-state index in [0.29, 0.717) is 19.3 Å². The third-order valence-corrected chi connectivity index (χ3v) is 5.04. The summed E-state index contributed by atoms with van der Waals surface area (Å²) in [5, 5.41) is 3.71. The number of hydrogen-bond donors (Lipinski definition) is 1. The molecule has 0 saturated carbocycles. The van der Waals surface area contributed by atoms with E-state index in [0.717, 1.165) is 37.7 Å². The van der Waals surface area contributed by atoms with Crippen molar-refractivity contribution in [1.82, 2.24) is 10.2 Å². The number of rotatable bonds is 5. The van der Waals surface area contributed by atoms with Crippen molar-refractivity contribution in [3.05, 3.63) is 59.7 Å². The van der Waals surface area contributed by atoms with Crippen molar-refractivity contribution >= 4 is 24.8 Å². The van der Waals surface area contributed by atoms with E-state index in [1.165, 1.54) is 24.0 Å². The van der Waals surface area contributed by atoms with Gasteiger partial charge in [-0.3, -0.25) is 4.90 Å². The number of piperidine rings is 1. The molecule has 0 unspecified atom stereocenters. The van der Waals surface area contributed by atoms with Gasteiger partial charge in [-0.05, 0) is 49.2 Å². The van der Waals surface area contributed by atoms with E-state index in [2.05, 4.69) is 52.7 Å². The zero-order valence-electron chi connectivity index (χ0n) is 15.4. The van der Waals surface area contributed by atoms with Crippen LogP contribution >= 0.6 is 24.8 Å². The highest BCUT2D eigenvalue weighted by molar-refractivity contribution is 5.85. The Kier molecular flexibility index (Phi) is 8.71. The van der Waals surface area contributed by atoms with Gasteiger partial charge >= 0.3 is 0 Å². The minimum atomic E-state index is 0. The van der Waals surface area contributed by atoms with Gasteiger partial charge in [0.1, 0.15) is 13.2 Å². The van der Waals surface area contributed by atoms with Gasteiger partial charge in [-0.2, -0.15) is 0 Å². The molecule has 1 fully saturated rings. The maximum atomic E-state index is 5.67. The second-order valence-corrected chi connectivity index (χ2v) is 6.89. The number of hydrogen-bond acceptors (Lipinski definition) is 4. The first-order valence-electron chi connectivity index (χ1n) is 9.25. The van der Waals surface area contributed by atoms with Crippen LogP contribution in [0.5, 0.6) is 11.5 Å². The fraction of sp³-hybridized carbons (Fsp3) is 0.429. The summed E-state index contributed by atoms with van der Waals surface area (Å²) in [5.41, 5.74) is 2.67. The normalized spacial score (nSPS) is 16.9. The molecule has 2 aliphatic rings. The Morgan fingerprint density at radius 3 is 2.30 bits per heavy atom. The van der Waals surface area contributed by atoms with Crippen LogP contribution in [-0.4, -0.2) is 37.2 Å². The van der Waals surface area contributed by atoms with Crippen molar-refractivity contribution in [3.8, 4) is 11.5 Å². The Balaban J connectivity index is 0.00000131. The van der Waals surface area contributed by atoms with Crippen molar-refractivity contribution in [1.29, 1.82) is 0 Å². The lowest BCUT2D eigenvalue weighted by molar-refractivity contribution is 0.171. The molecular weight excluding hydrogens is 383 g/mol. The molecule has 0 aromatic heterocycles. The summed E-state index contributed by atoms with van der Waals surface area (Å²) in [6.45, 7) is 5.56. The molecule has 0 aliphatic carbocycles. The lowest BCUT2D eigenvalue weighted by atomic mass is 10.0. The molecule has 1 saturated heterocycles. The first kappa shape index (κ1) is 21.8. The standard InChI is InChI=1S/C21H26N2O2.2ClH/c1-2-4-17(5-3-1)16-23-10-8-19(9-11-23)22-15-18-6-7-20-21(14-18)25-13-12-24-20;;/h1-7,14,19,22H,8-13,15-16H2;2*1H. The molecule has 0 radical (unpaired) electrons. The number of likely N-dealkylation sites (tertiary alicyclic amines) is 1.